The Morgan fingerprint density at radius 3 is 2.60 bits per heavy atom. The lowest BCUT2D eigenvalue weighted by molar-refractivity contribution is 0.628. The molecule has 0 amide bonds. The van der Waals surface area contributed by atoms with E-state index in [-0.39, 0.29) is 5.82 Å². The van der Waals surface area contributed by atoms with Crippen LogP contribution in [0.2, 0.25) is 0 Å². The number of allylic oxidation sites excluding steroid dienone is 5. The summed E-state index contributed by atoms with van der Waals surface area (Å²) in [5.74, 6) is -0.271. The zero-order valence-corrected chi connectivity index (χ0v) is 23.2. The molecule has 0 spiro atoms. The van der Waals surface area contributed by atoms with Crippen molar-refractivity contribution in [1.82, 2.24) is 30.5 Å². The lowest BCUT2D eigenvalue weighted by Gasteiger charge is -2.12. The fourth-order valence-corrected chi connectivity index (χ4v) is 4.99. The van der Waals surface area contributed by atoms with E-state index in [0.29, 0.717) is 17.8 Å². The first-order chi connectivity index (χ1) is 20.5. The van der Waals surface area contributed by atoms with Crippen molar-refractivity contribution in [3.8, 4) is 22.5 Å². The first kappa shape index (κ1) is 26.7. The Bertz CT molecular complexity index is 1980. The Balaban J connectivity index is 1.32. The molecule has 4 heterocycles. The van der Waals surface area contributed by atoms with Crippen molar-refractivity contribution >= 4 is 27.6 Å². The van der Waals surface area contributed by atoms with E-state index < -0.39 is 0 Å². The van der Waals surface area contributed by atoms with E-state index in [2.05, 4.69) is 50.8 Å². The molecule has 0 unspecified atom stereocenters. The minimum Gasteiger partial charge on any atom is -0.359 e. The van der Waals surface area contributed by atoms with Crippen LogP contribution in [0.1, 0.15) is 18.2 Å². The van der Waals surface area contributed by atoms with Gasteiger partial charge in [0.1, 0.15) is 22.7 Å². The van der Waals surface area contributed by atoms with Crippen LogP contribution < -0.4 is 5.32 Å². The van der Waals surface area contributed by atoms with E-state index in [4.69, 9.17) is 4.98 Å². The minimum atomic E-state index is -0.271. The average molecular weight is 553 g/mol. The Kier molecular flexibility index (Phi) is 7.30. The second-order valence-electron chi connectivity index (χ2n) is 9.91. The molecule has 3 N–H and O–H groups in total. The summed E-state index contributed by atoms with van der Waals surface area (Å²) >= 11 is 0. The van der Waals surface area contributed by atoms with Crippen LogP contribution in [0.15, 0.2) is 128 Å². The van der Waals surface area contributed by atoms with Crippen LogP contribution in [0.3, 0.4) is 0 Å². The van der Waals surface area contributed by atoms with Crippen LogP contribution >= 0.6 is 0 Å². The Labute approximate surface area is 243 Å². The number of pyridine rings is 2. The standard InChI is InChI=1S/C35H29FN6/c1-4-24(20-27(5-2)38-22(3)19-23-9-7-6-8-10-23)30-15-16-31-33(39-30)34(42-41-31)32-21-29-28(17-18-37-35(29)40-32)25-11-13-26(36)14-12-25/h4-18,20-21,38H,2-3,19H2,1H3,(H,37,40)(H,41,42)/b24-4+,27-20+. The topological polar surface area (TPSA) is 82.3 Å². The molecule has 0 saturated carbocycles. The van der Waals surface area contributed by atoms with Gasteiger partial charge in [-0.3, -0.25) is 5.10 Å². The molecular formula is C35H29FN6. The second-order valence-corrected chi connectivity index (χ2v) is 9.91. The molecule has 4 aromatic heterocycles. The smallest absolute Gasteiger partial charge is 0.138 e. The molecule has 42 heavy (non-hydrogen) atoms. The third kappa shape index (κ3) is 5.40. The Morgan fingerprint density at radius 1 is 1.02 bits per heavy atom. The molecule has 0 aliphatic carbocycles. The highest BCUT2D eigenvalue weighted by molar-refractivity contribution is 5.99. The molecule has 2 aromatic carbocycles. The summed E-state index contributed by atoms with van der Waals surface area (Å²) in [4.78, 5) is 12.9. The van der Waals surface area contributed by atoms with Gasteiger partial charge in [-0.15, -0.1) is 0 Å². The predicted octanol–water partition coefficient (Wildman–Crippen LogP) is 8.13. The van der Waals surface area contributed by atoms with Crippen molar-refractivity contribution in [2.24, 2.45) is 0 Å². The molecule has 0 atom stereocenters. The minimum absolute atomic E-state index is 0.271. The van der Waals surface area contributed by atoms with Crippen molar-refractivity contribution in [3.63, 3.8) is 0 Å². The van der Waals surface area contributed by atoms with E-state index in [9.17, 15) is 4.39 Å². The first-order valence-corrected chi connectivity index (χ1v) is 13.6. The second kappa shape index (κ2) is 11.5. The molecule has 6 rings (SSSR count). The number of hydrogen-bond donors (Lipinski definition) is 3. The molecule has 0 fully saturated rings. The van der Waals surface area contributed by atoms with Crippen LogP contribution in [0, 0.1) is 5.82 Å². The third-order valence-corrected chi connectivity index (χ3v) is 7.07. The molecule has 0 saturated heterocycles. The lowest BCUT2D eigenvalue weighted by atomic mass is 10.0. The van der Waals surface area contributed by atoms with Crippen molar-refractivity contribution in [2.75, 3.05) is 0 Å². The highest BCUT2D eigenvalue weighted by Crippen LogP contribution is 2.33. The quantitative estimate of drug-likeness (QED) is 0.158. The monoisotopic (exact) mass is 552 g/mol. The highest BCUT2D eigenvalue weighted by Gasteiger charge is 2.16. The zero-order chi connectivity index (χ0) is 29.1. The molecule has 7 heteroatoms. The van der Waals surface area contributed by atoms with E-state index in [1.807, 2.05) is 61.5 Å². The average Bonchev–Trinajstić information content (AvgIpc) is 3.64. The third-order valence-electron chi connectivity index (χ3n) is 7.07. The summed E-state index contributed by atoms with van der Waals surface area (Å²) in [6.07, 6.45) is 8.25. The fourth-order valence-electron chi connectivity index (χ4n) is 4.99. The molecule has 0 aliphatic heterocycles. The number of hydrogen-bond acceptors (Lipinski definition) is 4. The number of benzene rings is 2. The van der Waals surface area contributed by atoms with Gasteiger partial charge in [0.05, 0.1) is 16.9 Å². The SMILES string of the molecule is C=C/C(=C\C(=C/C)c1ccc2[nH]nc(-c3cc4c(-c5ccc(F)cc5)ccnc4[nH]3)c2n1)NC(=C)Cc1ccccc1. The van der Waals surface area contributed by atoms with Crippen LogP contribution in [-0.2, 0) is 6.42 Å². The number of rotatable bonds is 9. The summed E-state index contributed by atoms with van der Waals surface area (Å²) in [7, 11) is 0. The Morgan fingerprint density at radius 2 is 1.83 bits per heavy atom. The summed E-state index contributed by atoms with van der Waals surface area (Å²) in [5.41, 5.74) is 10.2. The number of fused-ring (bicyclic) bond motifs is 2. The fraction of sp³-hybridized carbons (Fsp3) is 0.0571. The normalized spacial score (nSPS) is 12.1. The maximum atomic E-state index is 13.5. The van der Waals surface area contributed by atoms with Crippen molar-refractivity contribution in [1.29, 1.82) is 0 Å². The maximum Gasteiger partial charge on any atom is 0.138 e. The van der Waals surface area contributed by atoms with Gasteiger partial charge in [-0.05, 0) is 77.7 Å². The maximum absolute atomic E-state index is 13.5. The van der Waals surface area contributed by atoms with Crippen molar-refractivity contribution in [3.05, 3.63) is 145 Å². The summed E-state index contributed by atoms with van der Waals surface area (Å²) in [6, 6.07) is 24.5. The largest absolute Gasteiger partial charge is 0.359 e. The number of aromatic amines is 2. The van der Waals surface area contributed by atoms with Gasteiger partial charge in [-0.1, -0.05) is 61.7 Å². The van der Waals surface area contributed by atoms with E-state index in [1.54, 1.807) is 24.4 Å². The summed E-state index contributed by atoms with van der Waals surface area (Å²) < 4.78 is 13.5. The summed E-state index contributed by atoms with van der Waals surface area (Å²) in [6.45, 7) is 10.2. The Hall–Kier alpha value is -5.56. The van der Waals surface area contributed by atoms with Gasteiger partial charge in [-0.2, -0.15) is 5.10 Å². The first-order valence-electron chi connectivity index (χ1n) is 13.6. The lowest BCUT2D eigenvalue weighted by Crippen LogP contribution is -2.12. The van der Waals surface area contributed by atoms with Gasteiger partial charge >= 0.3 is 0 Å². The molecule has 6 nitrogen and oxygen atoms in total. The van der Waals surface area contributed by atoms with E-state index in [1.165, 1.54) is 17.7 Å². The molecular weight excluding hydrogens is 523 g/mol. The van der Waals surface area contributed by atoms with Crippen LogP contribution in [0.25, 0.3) is 50.2 Å². The zero-order valence-electron chi connectivity index (χ0n) is 23.2. The highest BCUT2D eigenvalue weighted by atomic mass is 19.1. The molecule has 0 aliphatic rings. The van der Waals surface area contributed by atoms with Gasteiger partial charge in [-0.25, -0.2) is 14.4 Å². The van der Waals surface area contributed by atoms with Crippen LogP contribution in [-0.4, -0.2) is 25.1 Å². The predicted molar refractivity (Wildman–Crippen MR) is 169 cm³/mol. The number of H-pyrrole nitrogens is 2. The number of halogens is 1. The van der Waals surface area contributed by atoms with Crippen molar-refractivity contribution in [2.45, 2.75) is 13.3 Å². The van der Waals surface area contributed by atoms with Crippen LogP contribution in [0.4, 0.5) is 4.39 Å². The molecule has 0 bridgehead atoms. The number of nitrogens with one attached hydrogen (secondary N) is 3. The van der Waals surface area contributed by atoms with E-state index in [0.717, 1.165) is 55.9 Å². The van der Waals surface area contributed by atoms with E-state index >= 15 is 0 Å². The van der Waals surface area contributed by atoms with Gasteiger partial charge < -0.3 is 10.3 Å². The molecule has 0 radical (unpaired) electrons. The van der Waals surface area contributed by atoms with Gasteiger partial charge in [0.2, 0.25) is 0 Å². The summed E-state index contributed by atoms with van der Waals surface area (Å²) in [5, 5.41) is 12.0. The van der Waals surface area contributed by atoms with Gasteiger partial charge in [0.15, 0.2) is 0 Å². The van der Waals surface area contributed by atoms with Crippen LogP contribution in [0.5, 0.6) is 0 Å². The molecule has 6 aromatic rings. The number of nitrogens with zero attached hydrogens (tertiary/aromatic N) is 3. The van der Waals surface area contributed by atoms with Gasteiger partial charge in [0, 0.05) is 29.4 Å². The van der Waals surface area contributed by atoms with Crippen molar-refractivity contribution < 1.29 is 4.39 Å². The number of aromatic nitrogens is 5. The van der Waals surface area contributed by atoms with Gasteiger partial charge in [0.25, 0.3) is 0 Å². The molecule has 206 valence electrons.